The molecule has 0 bridgehead atoms. The molecule has 1 aromatic heterocycles. The lowest BCUT2D eigenvalue weighted by Crippen LogP contribution is -2.36. The minimum atomic E-state index is -3.59. The van der Waals surface area contributed by atoms with Crippen LogP contribution in [-0.2, 0) is 16.6 Å². The molecule has 0 aliphatic rings. The minimum absolute atomic E-state index is 0.260. The van der Waals surface area contributed by atoms with Crippen molar-refractivity contribution in [3.05, 3.63) is 54.4 Å². The Morgan fingerprint density at radius 3 is 2.17 bits per heavy atom. The van der Waals surface area contributed by atoms with E-state index in [2.05, 4.69) is 4.98 Å². The second-order valence-electron chi connectivity index (χ2n) is 5.67. The molecule has 2 rings (SSSR count). The minimum Gasteiger partial charge on any atom is -0.497 e. The predicted molar refractivity (Wildman–Crippen MR) is 93.4 cm³/mol. The fourth-order valence-corrected chi connectivity index (χ4v) is 3.60. The molecule has 0 saturated heterocycles. The highest BCUT2D eigenvalue weighted by Crippen LogP contribution is 2.21. The summed E-state index contributed by atoms with van der Waals surface area (Å²) >= 11 is 0. The number of aromatic nitrogens is 1. The van der Waals surface area contributed by atoms with Gasteiger partial charge in [-0.1, -0.05) is 0 Å². The van der Waals surface area contributed by atoms with Gasteiger partial charge in [-0.15, -0.1) is 0 Å². The van der Waals surface area contributed by atoms with Gasteiger partial charge in [-0.2, -0.15) is 4.31 Å². The van der Waals surface area contributed by atoms with Crippen LogP contribution in [0.4, 0.5) is 0 Å². The van der Waals surface area contributed by atoms with E-state index in [0.717, 1.165) is 5.56 Å². The Morgan fingerprint density at radius 1 is 1.00 bits per heavy atom. The monoisotopic (exact) mass is 349 g/mol. The van der Waals surface area contributed by atoms with Crippen molar-refractivity contribution in [2.45, 2.75) is 11.4 Å². The maximum Gasteiger partial charge on any atom is 0.243 e. The Bertz CT molecular complexity index is 731. The van der Waals surface area contributed by atoms with Crippen LogP contribution in [0.5, 0.6) is 5.75 Å². The molecular weight excluding hydrogens is 326 g/mol. The van der Waals surface area contributed by atoms with E-state index in [9.17, 15) is 8.42 Å². The van der Waals surface area contributed by atoms with E-state index in [1.165, 1.54) is 4.31 Å². The molecule has 0 aliphatic heterocycles. The molecule has 1 aromatic carbocycles. The first-order valence-electron chi connectivity index (χ1n) is 7.61. The number of hydrogen-bond donors (Lipinski definition) is 0. The third kappa shape index (κ3) is 4.77. The second-order valence-corrected chi connectivity index (χ2v) is 7.61. The molecule has 130 valence electrons. The van der Waals surface area contributed by atoms with E-state index in [1.54, 1.807) is 43.8 Å². The molecule has 6 nitrogen and oxygen atoms in total. The number of hydrogen-bond acceptors (Lipinski definition) is 5. The van der Waals surface area contributed by atoms with Gasteiger partial charge in [0.15, 0.2) is 0 Å². The van der Waals surface area contributed by atoms with Gasteiger partial charge in [-0.05, 0) is 56.1 Å². The fraction of sp³-hybridized carbons (Fsp3) is 0.353. The molecule has 0 spiro atoms. The lowest BCUT2D eigenvalue weighted by Gasteiger charge is -2.24. The highest BCUT2D eigenvalue weighted by Gasteiger charge is 2.24. The van der Waals surface area contributed by atoms with E-state index in [-0.39, 0.29) is 4.90 Å². The van der Waals surface area contributed by atoms with E-state index < -0.39 is 10.0 Å². The van der Waals surface area contributed by atoms with E-state index in [1.807, 2.05) is 31.1 Å². The van der Waals surface area contributed by atoms with Gasteiger partial charge in [0, 0.05) is 32.0 Å². The van der Waals surface area contributed by atoms with Crippen molar-refractivity contribution >= 4 is 10.0 Å². The van der Waals surface area contributed by atoms with Crippen LogP contribution in [0.15, 0.2) is 53.7 Å². The van der Waals surface area contributed by atoms with E-state index >= 15 is 0 Å². The lowest BCUT2D eigenvalue weighted by molar-refractivity contribution is 0.329. The number of likely N-dealkylation sites (N-methyl/N-ethyl adjacent to an activating group) is 1. The predicted octanol–water partition coefficient (Wildman–Crippen LogP) is 1.84. The average Bonchev–Trinajstić information content (AvgIpc) is 2.59. The highest BCUT2D eigenvalue weighted by molar-refractivity contribution is 7.89. The summed E-state index contributed by atoms with van der Waals surface area (Å²) in [5.74, 6) is 0.628. The number of benzene rings is 1. The first-order valence-corrected chi connectivity index (χ1v) is 9.05. The molecule has 0 radical (unpaired) electrons. The number of methoxy groups -OCH3 is 1. The van der Waals surface area contributed by atoms with Crippen LogP contribution >= 0.6 is 0 Å². The van der Waals surface area contributed by atoms with Gasteiger partial charge in [-0.3, -0.25) is 4.98 Å². The number of sulfonamides is 1. The number of ether oxygens (including phenoxy) is 1. The molecule has 24 heavy (non-hydrogen) atoms. The van der Waals surface area contributed by atoms with Gasteiger partial charge in [0.1, 0.15) is 5.75 Å². The summed E-state index contributed by atoms with van der Waals surface area (Å²) in [7, 11) is 1.81. The normalized spacial score (nSPS) is 11.9. The molecule has 2 aromatic rings. The van der Waals surface area contributed by atoms with Gasteiger partial charge in [0.25, 0.3) is 0 Å². The summed E-state index contributed by atoms with van der Waals surface area (Å²) in [6.07, 6.45) is 3.33. The Morgan fingerprint density at radius 2 is 1.62 bits per heavy atom. The summed E-state index contributed by atoms with van der Waals surface area (Å²) in [5, 5.41) is 0. The first kappa shape index (κ1) is 18.4. The van der Waals surface area contributed by atoms with E-state index in [4.69, 9.17) is 4.74 Å². The van der Waals surface area contributed by atoms with Crippen molar-refractivity contribution in [1.29, 1.82) is 0 Å². The first-order chi connectivity index (χ1) is 11.4. The number of rotatable bonds is 8. The Labute approximate surface area is 143 Å². The van der Waals surface area contributed by atoms with Gasteiger partial charge in [-0.25, -0.2) is 8.42 Å². The molecule has 0 amide bonds. The topological polar surface area (TPSA) is 62.7 Å². The Hall–Kier alpha value is -1.96. The van der Waals surface area contributed by atoms with Gasteiger partial charge < -0.3 is 9.64 Å². The highest BCUT2D eigenvalue weighted by atomic mass is 32.2. The van der Waals surface area contributed by atoms with Crippen LogP contribution in [0.2, 0.25) is 0 Å². The van der Waals surface area contributed by atoms with E-state index in [0.29, 0.717) is 25.4 Å². The van der Waals surface area contributed by atoms with Gasteiger partial charge >= 0.3 is 0 Å². The van der Waals surface area contributed by atoms with Crippen LogP contribution < -0.4 is 4.74 Å². The SMILES string of the molecule is COc1ccc(S(=O)(=O)N(CCN(C)C)Cc2ccncc2)cc1. The molecule has 0 fully saturated rings. The smallest absolute Gasteiger partial charge is 0.243 e. The number of pyridine rings is 1. The molecule has 0 atom stereocenters. The Balaban J connectivity index is 2.28. The average molecular weight is 349 g/mol. The zero-order valence-corrected chi connectivity index (χ0v) is 15.0. The molecule has 0 aliphatic carbocycles. The molecule has 1 heterocycles. The van der Waals surface area contributed by atoms with Gasteiger partial charge in [0.05, 0.1) is 12.0 Å². The molecule has 7 heteroatoms. The molecule has 0 N–H and O–H groups in total. The Kier molecular flexibility index (Phi) is 6.30. The van der Waals surface area contributed by atoms with Crippen molar-refractivity contribution in [3.63, 3.8) is 0 Å². The van der Waals surface area contributed by atoms with Crippen LogP contribution in [0, 0.1) is 0 Å². The third-order valence-electron chi connectivity index (χ3n) is 3.60. The third-order valence-corrected chi connectivity index (χ3v) is 5.46. The lowest BCUT2D eigenvalue weighted by atomic mass is 10.3. The largest absolute Gasteiger partial charge is 0.497 e. The molecule has 0 saturated carbocycles. The summed E-state index contributed by atoms with van der Waals surface area (Å²) in [6, 6.07) is 10.1. The standard InChI is InChI=1S/C17H23N3O3S/c1-19(2)12-13-20(14-15-8-10-18-11-9-15)24(21,22)17-6-4-16(23-3)5-7-17/h4-11H,12-14H2,1-3H3. The summed E-state index contributed by atoms with van der Waals surface area (Å²) in [5.41, 5.74) is 0.904. The van der Waals surface area contributed by atoms with Gasteiger partial charge in [0.2, 0.25) is 10.0 Å². The van der Waals surface area contributed by atoms with Crippen LogP contribution in [0.1, 0.15) is 5.56 Å². The van der Waals surface area contributed by atoms with Crippen molar-refractivity contribution in [1.82, 2.24) is 14.2 Å². The molecular formula is C17H23N3O3S. The fourth-order valence-electron chi connectivity index (χ4n) is 2.18. The van der Waals surface area contributed by atoms with Crippen LogP contribution in [-0.4, -0.2) is 56.9 Å². The van der Waals surface area contributed by atoms with Crippen LogP contribution in [0.25, 0.3) is 0 Å². The summed E-state index contributed by atoms with van der Waals surface area (Å²) in [6.45, 7) is 1.36. The number of nitrogens with zero attached hydrogens (tertiary/aromatic N) is 3. The summed E-state index contributed by atoms with van der Waals surface area (Å²) < 4.78 is 32.6. The molecule has 0 unspecified atom stereocenters. The quantitative estimate of drug-likeness (QED) is 0.728. The maximum atomic E-state index is 13.0. The summed E-state index contributed by atoms with van der Waals surface area (Å²) in [4.78, 5) is 6.20. The second kappa shape index (κ2) is 8.23. The zero-order valence-electron chi connectivity index (χ0n) is 14.2. The maximum absolute atomic E-state index is 13.0. The van der Waals surface area contributed by atoms with Crippen molar-refractivity contribution in [2.75, 3.05) is 34.3 Å². The zero-order chi connectivity index (χ0) is 17.6. The van der Waals surface area contributed by atoms with Crippen molar-refractivity contribution < 1.29 is 13.2 Å². The van der Waals surface area contributed by atoms with Crippen molar-refractivity contribution in [3.8, 4) is 5.75 Å². The van der Waals surface area contributed by atoms with Crippen LogP contribution in [0.3, 0.4) is 0 Å². The van der Waals surface area contributed by atoms with Crippen molar-refractivity contribution in [2.24, 2.45) is 0 Å².